The van der Waals surface area contributed by atoms with E-state index in [4.69, 9.17) is 5.73 Å². The van der Waals surface area contributed by atoms with Gasteiger partial charge in [-0.2, -0.15) is 4.52 Å². The number of hydrogen-bond acceptors (Lipinski definition) is 8. The number of H-pyrrole nitrogens is 2. The number of aryl methyl sites for hydroxylation is 2. The van der Waals surface area contributed by atoms with Crippen molar-refractivity contribution in [2.45, 2.75) is 42.7 Å². The molecule has 4 N–H and O–H groups in total. The molecule has 3 aromatic heterocycles. The molecule has 0 spiro atoms. The second-order valence-electron chi connectivity index (χ2n) is 5.58. The lowest BCUT2D eigenvalue weighted by Crippen LogP contribution is -2.26. The maximum absolute atomic E-state index is 11.9. The number of unbranched alkanes of at least 4 members (excludes halogenated alkanes) is 2. The molecular formula is C14H19N7O2S2. The van der Waals surface area contributed by atoms with Crippen LogP contribution in [-0.4, -0.2) is 36.3 Å². The van der Waals surface area contributed by atoms with Crippen molar-refractivity contribution in [3.05, 3.63) is 37.9 Å². The predicted octanol–water partition coefficient (Wildman–Crippen LogP) is 0.835. The second kappa shape index (κ2) is 7.93. The van der Waals surface area contributed by atoms with Crippen molar-refractivity contribution in [3.63, 3.8) is 0 Å². The van der Waals surface area contributed by atoms with E-state index >= 15 is 0 Å². The molecule has 0 aliphatic carbocycles. The van der Waals surface area contributed by atoms with Gasteiger partial charge in [0, 0.05) is 23.4 Å². The van der Waals surface area contributed by atoms with E-state index in [2.05, 4.69) is 25.3 Å². The van der Waals surface area contributed by atoms with Gasteiger partial charge in [0.15, 0.2) is 10.2 Å². The van der Waals surface area contributed by atoms with Crippen molar-refractivity contribution in [1.82, 2.24) is 29.8 Å². The molecule has 3 heterocycles. The number of thioether (sulfide) groups is 1. The fourth-order valence-electron chi connectivity index (χ4n) is 2.39. The van der Waals surface area contributed by atoms with E-state index in [9.17, 15) is 9.59 Å². The van der Waals surface area contributed by atoms with Crippen molar-refractivity contribution >= 4 is 28.1 Å². The summed E-state index contributed by atoms with van der Waals surface area (Å²) in [6, 6.07) is 0. The number of hydrogen-bond donors (Lipinski definition) is 3. The molecule has 25 heavy (non-hydrogen) atoms. The molecule has 0 bridgehead atoms. The van der Waals surface area contributed by atoms with E-state index in [0.29, 0.717) is 23.6 Å². The van der Waals surface area contributed by atoms with Crippen LogP contribution in [0.15, 0.2) is 13.9 Å². The smallest absolute Gasteiger partial charge is 0.325 e. The van der Waals surface area contributed by atoms with Gasteiger partial charge in [0.1, 0.15) is 0 Å². The number of rotatable bonds is 8. The number of nitrogens with one attached hydrogen (secondary N) is 2. The van der Waals surface area contributed by atoms with Gasteiger partial charge < -0.3 is 10.7 Å². The first-order chi connectivity index (χ1) is 12.1. The fraction of sp³-hybridized carbons (Fsp3) is 0.500. The summed E-state index contributed by atoms with van der Waals surface area (Å²) in [7, 11) is 0. The molecule has 0 unspecified atom stereocenters. The van der Waals surface area contributed by atoms with Crippen molar-refractivity contribution in [2.24, 2.45) is 5.73 Å². The van der Waals surface area contributed by atoms with Crippen molar-refractivity contribution in [2.75, 3.05) is 6.54 Å². The molecule has 0 amide bonds. The molecule has 9 nitrogen and oxygen atoms in total. The maximum atomic E-state index is 11.9. The molecule has 0 saturated heterocycles. The summed E-state index contributed by atoms with van der Waals surface area (Å²) in [5.74, 6) is 1.27. The van der Waals surface area contributed by atoms with Gasteiger partial charge in [-0.3, -0.25) is 9.78 Å². The highest BCUT2D eigenvalue weighted by molar-refractivity contribution is 8.00. The van der Waals surface area contributed by atoms with Gasteiger partial charge >= 0.3 is 5.69 Å². The van der Waals surface area contributed by atoms with Gasteiger partial charge in [0.05, 0.1) is 0 Å². The lowest BCUT2D eigenvalue weighted by Gasteiger charge is -2.01. The Bertz CT molecular complexity index is 972. The van der Waals surface area contributed by atoms with Gasteiger partial charge in [-0.15, -0.1) is 15.3 Å². The van der Waals surface area contributed by atoms with Crippen LogP contribution in [0.1, 0.15) is 36.3 Å². The molecule has 0 aliphatic heterocycles. The standard InChI is InChI=1S/C14H19N7O2S2/c1-8-9(11(22)17-12(23)16-8)7-24-14-20-21-10(5-3-2-4-6-15)18-19-13(21)25-14/h2-7,15H2,1H3,(H2,16,17,22,23). The minimum Gasteiger partial charge on any atom is -0.330 e. The first-order valence-corrected chi connectivity index (χ1v) is 9.74. The van der Waals surface area contributed by atoms with E-state index in [1.807, 2.05) is 0 Å². The van der Waals surface area contributed by atoms with Crippen LogP contribution in [0.25, 0.3) is 4.96 Å². The highest BCUT2D eigenvalue weighted by Gasteiger charge is 2.13. The zero-order valence-electron chi connectivity index (χ0n) is 13.7. The molecule has 11 heteroatoms. The number of nitrogens with two attached hydrogens (primary N) is 1. The summed E-state index contributed by atoms with van der Waals surface area (Å²) in [4.78, 5) is 28.7. The third kappa shape index (κ3) is 4.17. The van der Waals surface area contributed by atoms with Crippen LogP contribution in [0.4, 0.5) is 0 Å². The highest BCUT2D eigenvalue weighted by atomic mass is 32.2. The average molecular weight is 381 g/mol. The molecule has 134 valence electrons. The molecule has 3 rings (SSSR count). The Labute approximate surface area is 151 Å². The van der Waals surface area contributed by atoms with E-state index in [0.717, 1.165) is 40.8 Å². The first-order valence-electron chi connectivity index (χ1n) is 7.94. The molecule has 0 radical (unpaired) electrons. The number of aromatic amines is 2. The van der Waals surface area contributed by atoms with E-state index in [1.54, 1.807) is 11.4 Å². The third-order valence-electron chi connectivity index (χ3n) is 3.74. The van der Waals surface area contributed by atoms with Crippen molar-refractivity contribution < 1.29 is 0 Å². The Kier molecular flexibility index (Phi) is 5.66. The molecule has 3 aromatic rings. The van der Waals surface area contributed by atoms with Gasteiger partial charge in [-0.05, 0) is 26.3 Å². The van der Waals surface area contributed by atoms with Crippen LogP contribution in [0.3, 0.4) is 0 Å². The quantitative estimate of drug-likeness (QED) is 0.388. The number of nitrogens with zero attached hydrogens (tertiary/aromatic N) is 4. The van der Waals surface area contributed by atoms with Crippen LogP contribution in [0.2, 0.25) is 0 Å². The largest absolute Gasteiger partial charge is 0.330 e. The Balaban J connectivity index is 1.70. The zero-order chi connectivity index (χ0) is 17.8. The summed E-state index contributed by atoms with van der Waals surface area (Å²) >= 11 is 2.87. The van der Waals surface area contributed by atoms with Crippen molar-refractivity contribution in [1.29, 1.82) is 0 Å². The van der Waals surface area contributed by atoms with Gasteiger partial charge in [-0.1, -0.05) is 29.5 Å². The van der Waals surface area contributed by atoms with Crippen molar-refractivity contribution in [3.8, 4) is 0 Å². The number of aromatic nitrogens is 6. The summed E-state index contributed by atoms with van der Waals surface area (Å²) in [5.41, 5.74) is 5.76. The summed E-state index contributed by atoms with van der Waals surface area (Å²) in [6.07, 6.45) is 3.89. The van der Waals surface area contributed by atoms with Crippen LogP contribution in [-0.2, 0) is 12.2 Å². The first kappa shape index (κ1) is 17.8. The Hall–Kier alpha value is -1.98. The summed E-state index contributed by atoms with van der Waals surface area (Å²) in [5, 5.41) is 12.9. The predicted molar refractivity (Wildman–Crippen MR) is 97.2 cm³/mol. The maximum Gasteiger partial charge on any atom is 0.325 e. The van der Waals surface area contributed by atoms with E-state index in [-0.39, 0.29) is 5.56 Å². The molecule has 0 saturated carbocycles. The lowest BCUT2D eigenvalue weighted by atomic mass is 10.2. The molecule has 0 atom stereocenters. The Morgan fingerprint density at radius 3 is 2.80 bits per heavy atom. The Morgan fingerprint density at radius 1 is 1.20 bits per heavy atom. The van der Waals surface area contributed by atoms with Crippen LogP contribution in [0, 0.1) is 6.92 Å². The second-order valence-corrected chi connectivity index (χ2v) is 7.76. The summed E-state index contributed by atoms with van der Waals surface area (Å²) in [6.45, 7) is 2.42. The van der Waals surface area contributed by atoms with Crippen LogP contribution in [0.5, 0.6) is 0 Å². The van der Waals surface area contributed by atoms with E-state index in [1.165, 1.54) is 23.1 Å². The highest BCUT2D eigenvalue weighted by Crippen LogP contribution is 2.27. The zero-order valence-corrected chi connectivity index (χ0v) is 15.4. The molecule has 0 aromatic carbocycles. The molecular weight excluding hydrogens is 362 g/mol. The molecule has 0 aliphatic rings. The number of fused-ring (bicyclic) bond motifs is 1. The third-order valence-corrected chi connectivity index (χ3v) is 5.79. The minimum absolute atomic E-state index is 0.364. The van der Waals surface area contributed by atoms with Gasteiger partial charge in [0.2, 0.25) is 4.96 Å². The monoisotopic (exact) mass is 381 g/mol. The topological polar surface area (TPSA) is 135 Å². The van der Waals surface area contributed by atoms with Gasteiger partial charge in [0.25, 0.3) is 5.56 Å². The average Bonchev–Trinajstić information content (AvgIpc) is 3.11. The lowest BCUT2D eigenvalue weighted by molar-refractivity contribution is 0.654. The SMILES string of the molecule is Cc1[nH]c(=O)[nH]c(=O)c1CSc1nn2c(CCCCCN)nnc2s1. The fourth-order valence-corrected chi connectivity index (χ4v) is 4.38. The van der Waals surface area contributed by atoms with E-state index < -0.39 is 5.69 Å². The van der Waals surface area contributed by atoms with Crippen LogP contribution < -0.4 is 17.0 Å². The minimum atomic E-state index is -0.491. The Morgan fingerprint density at radius 2 is 2.04 bits per heavy atom. The van der Waals surface area contributed by atoms with Crippen LogP contribution >= 0.6 is 23.1 Å². The summed E-state index contributed by atoms with van der Waals surface area (Å²) < 4.78 is 2.57. The molecule has 0 fully saturated rings. The van der Waals surface area contributed by atoms with Gasteiger partial charge in [-0.25, -0.2) is 4.79 Å². The normalized spacial score (nSPS) is 11.4.